The lowest BCUT2D eigenvalue weighted by Gasteiger charge is -2.20. The second-order valence-electron chi connectivity index (χ2n) is 4.78. The number of benzene rings is 1. The molecule has 0 bridgehead atoms. The van der Waals surface area contributed by atoms with Gasteiger partial charge in [-0.3, -0.25) is 4.79 Å². The molecule has 2 rings (SSSR count). The molecule has 21 heavy (non-hydrogen) atoms. The predicted molar refractivity (Wildman–Crippen MR) is 80.8 cm³/mol. The molecule has 1 amide bonds. The maximum atomic E-state index is 12.4. The molecule has 0 aliphatic heterocycles. The smallest absolute Gasteiger partial charge is 0.255 e. The first-order valence-corrected chi connectivity index (χ1v) is 6.88. The molecule has 2 N–H and O–H groups in total. The molecule has 0 spiro atoms. The maximum Gasteiger partial charge on any atom is 0.255 e. The number of amides is 1. The van der Waals surface area contributed by atoms with Crippen molar-refractivity contribution in [2.45, 2.75) is 6.10 Å². The second kappa shape index (κ2) is 6.76. The molecular formula is C15H17ClN2O3. The van der Waals surface area contributed by atoms with Gasteiger partial charge in [0.15, 0.2) is 0 Å². The zero-order valence-electron chi connectivity index (χ0n) is 11.6. The Hall–Kier alpha value is -1.82. The largest absolute Gasteiger partial charge is 0.394 e. The Kier molecular flexibility index (Phi) is 5.01. The van der Waals surface area contributed by atoms with E-state index in [9.17, 15) is 9.90 Å². The van der Waals surface area contributed by atoms with E-state index in [1.807, 2.05) is 35.2 Å². The normalized spacial score (nSPS) is 12.2. The highest BCUT2D eigenvalue weighted by molar-refractivity contribution is 6.33. The number of carbonyl (C=O) groups excluding carboxylic acids is 1. The quantitative estimate of drug-likeness (QED) is 0.881. The minimum atomic E-state index is -0.967. The van der Waals surface area contributed by atoms with Gasteiger partial charge in [0.2, 0.25) is 0 Å². The third-order valence-corrected chi connectivity index (χ3v) is 3.45. The van der Waals surface area contributed by atoms with Crippen molar-refractivity contribution >= 4 is 17.5 Å². The molecule has 1 heterocycles. The number of aliphatic hydroxyl groups excluding tert-OH is 2. The lowest BCUT2D eigenvalue weighted by molar-refractivity contribution is 0.0520. The van der Waals surface area contributed by atoms with Crippen LogP contribution in [-0.2, 0) is 0 Å². The van der Waals surface area contributed by atoms with Crippen LogP contribution in [0.15, 0.2) is 42.7 Å². The predicted octanol–water partition coefficient (Wildman–Crippen LogP) is 1.56. The minimum Gasteiger partial charge on any atom is -0.394 e. The van der Waals surface area contributed by atoms with Crippen LogP contribution in [-0.4, -0.2) is 51.9 Å². The lowest BCUT2D eigenvalue weighted by Crippen LogP contribution is -2.36. The molecule has 2 aromatic rings. The molecule has 0 unspecified atom stereocenters. The van der Waals surface area contributed by atoms with Crippen LogP contribution in [0.3, 0.4) is 0 Å². The van der Waals surface area contributed by atoms with Gasteiger partial charge in [-0.1, -0.05) is 11.6 Å². The summed E-state index contributed by atoms with van der Waals surface area (Å²) < 4.78 is 1.87. The summed E-state index contributed by atoms with van der Waals surface area (Å²) in [5.41, 5.74) is 1.18. The molecule has 0 aliphatic carbocycles. The molecule has 0 saturated heterocycles. The highest BCUT2D eigenvalue weighted by Gasteiger charge is 2.18. The lowest BCUT2D eigenvalue weighted by atomic mass is 10.1. The molecule has 0 aliphatic rings. The van der Waals surface area contributed by atoms with Crippen molar-refractivity contribution < 1.29 is 15.0 Å². The average molecular weight is 309 g/mol. The van der Waals surface area contributed by atoms with Gasteiger partial charge < -0.3 is 19.7 Å². The van der Waals surface area contributed by atoms with Gasteiger partial charge in [-0.2, -0.15) is 0 Å². The first-order chi connectivity index (χ1) is 10.0. The van der Waals surface area contributed by atoms with Gasteiger partial charge in [0, 0.05) is 31.7 Å². The SMILES string of the molecule is CN(C[C@H](O)CO)C(=O)c1cc(-n2cccc2)ccc1Cl. The van der Waals surface area contributed by atoms with Crippen LogP contribution in [0, 0.1) is 0 Å². The molecule has 6 heteroatoms. The van der Waals surface area contributed by atoms with E-state index in [4.69, 9.17) is 16.7 Å². The van der Waals surface area contributed by atoms with Crippen LogP contribution >= 0.6 is 11.6 Å². The van der Waals surface area contributed by atoms with Crippen molar-refractivity contribution in [3.63, 3.8) is 0 Å². The molecule has 1 aromatic heterocycles. The molecule has 5 nitrogen and oxygen atoms in total. The highest BCUT2D eigenvalue weighted by atomic mass is 35.5. The van der Waals surface area contributed by atoms with Gasteiger partial charge in [0.1, 0.15) is 0 Å². The zero-order chi connectivity index (χ0) is 15.4. The number of hydrogen-bond donors (Lipinski definition) is 2. The number of hydrogen-bond acceptors (Lipinski definition) is 3. The minimum absolute atomic E-state index is 0.0411. The summed E-state index contributed by atoms with van der Waals surface area (Å²) in [5.74, 6) is -0.304. The summed E-state index contributed by atoms with van der Waals surface area (Å²) in [6, 6.07) is 8.97. The number of aliphatic hydroxyl groups is 2. The Morgan fingerprint density at radius 2 is 2.05 bits per heavy atom. The van der Waals surface area contributed by atoms with E-state index < -0.39 is 12.7 Å². The van der Waals surface area contributed by atoms with E-state index in [2.05, 4.69) is 0 Å². The van der Waals surface area contributed by atoms with Crippen molar-refractivity contribution in [1.29, 1.82) is 0 Å². The van der Waals surface area contributed by atoms with E-state index in [1.54, 1.807) is 19.2 Å². The highest BCUT2D eigenvalue weighted by Crippen LogP contribution is 2.21. The molecule has 0 fully saturated rings. The summed E-state index contributed by atoms with van der Waals surface area (Å²) >= 11 is 6.10. The summed E-state index contributed by atoms with van der Waals surface area (Å²) in [6.45, 7) is -0.353. The summed E-state index contributed by atoms with van der Waals surface area (Å²) in [4.78, 5) is 13.7. The Bertz CT molecular complexity index is 613. The zero-order valence-corrected chi connectivity index (χ0v) is 12.4. The van der Waals surface area contributed by atoms with E-state index in [-0.39, 0.29) is 12.5 Å². The van der Waals surface area contributed by atoms with Crippen molar-refractivity contribution in [3.05, 3.63) is 53.3 Å². The Morgan fingerprint density at radius 1 is 1.38 bits per heavy atom. The molecule has 0 saturated carbocycles. The van der Waals surface area contributed by atoms with Crippen molar-refractivity contribution in [3.8, 4) is 5.69 Å². The number of likely N-dealkylation sites (N-methyl/N-ethyl adjacent to an activating group) is 1. The van der Waals surface area contributed by atoms with E-state index in [0.717, 1.165) is 5.69 Å². The number of halogens is 1. The standard InChI is InChI=1S/C15H17ClN2O3/c1-17(9-12(20)10-19)15(21)13-8-11(4-5-14(13)16)18-6-2-3-7-18/h2-8,12,19-20H,9-10H2,1H3/t12-/m0/s1. The molecule has 1 atom stereocenters. The number of aromatic nitrogens is 1. The van der Waals surface area contributed by atoms with Crippen molar-refractivity contribution in [2.24, 2.45) is 0 Å². The van der Waals surface area contributed by atoms with Gasteiger partial charge in [-0.25, -0.2) is 0 Å². The second-order valence-corrected chi connectivity index (χ2v) is 5.18. The number of rotatable bonds is 5. The third kappa shape index (κ3) is 3.64. The van der Waals surface area contributed by atoms with Gasteiger partial charge in [-0.15, -0.1) is 0 Å². The van der Waals surface area contributed by atoms with Crippen LogP contribution in [0.1, 0.15) is 10.4 Å². The number of nitrogens with zero attached hydrogens (tertiary/aromatic N) is 2. The monoisotopic (exact) mass is 308 g/mol. The van der Waals surface area contributed by atoms with Crippen LogP contribution in [0.4, 0.5) is 0 Å². The fraction of sp³-hybridized carbons (Fsp3) is 0.267. The van der Waals surface area contributed by atoms with Gasteiger partial charge >= 0.3 is 0 Å². The fourth-order valence-corrected chi connectivity index (χ4v) is 2.21. The van der Waals surface area contributed by atoms with Crippen LogP contribution in [0.2, 0.25) is 5.02 Å². The van der Waals surface area contributed by atoms with E-state index in [0.29, 0.717) is 10.6 Å². The van der Waals surface area contributed by atoms with Crippen molar-refractivity contribution in [1.82, 2.24) is 9.47 Å². The third-order valence-electron chi connectivity index (χ3n) is 3.12. The average Bonchev–Trinajstić information content (AvgIpc) is 3.01. The molecule has 1 aromatic carbocycles. The Labute approximate surface area is 128 Å². The number of carbonyl (C=O) groups is 1. The van der Waals surface area contributed by atoms with Gasteiger partial charge in [0.25, 0.3) is 5.91 Å². The molecular weight excluding hydrogens is 292 g/mol. The summed E-state index contributed by atoms with van der Waals surface area (Å²) in [5, 5.41) is 18.6. The summed E-state index contributed by atoms with van der Waals surface area (Å²) in [7, 11) is 1.56. The Balaban J connectivity index is 2.26. The maximum absolute atomic E-state index is 12.4. The summed E-state index contributed by atoms with van der Waals surface area (Å²) in [6.07, 6.45) is 2.78. The van der Waals surface area contributed by atoms with E-state index in [1.165, 1.54) is 4.90 Å². The Morgan fingerprint density at radius 3 is 2.67 bits per heavy atom. The van der Waals surface area contributed by atoms with Crippen LogP contribution in [0.25, 0.3) is 5.69 Å². The van der Waals surface area contributed by atoms with Crippen LogP contribution in [0.5, 0.6) is 0 Å². The van der Waals surface area contributed by atoms with Gasteiger partial charge in [-0.05, 0) is 30.3 Å². The topological polar surface area (TPSA) is 65.7 Å². The molecule has 112 valence electrons. The van der Waals surface area contributed by atoms with E-state index >= 15 is 0 Å². The molecule has 0 radical (unpaired) electrons. The van der Waals surface area contributed by atoms with Crippen LogP contribution < -0.4 is 0 Å². The van der Waals surface area contributed by atoms with Gasteiger partial charge in [0.05, 0.1) is 23.3 Å². The fourth-order valence-electron chi connectivity index (χ4n) is 2.01. The van der Waals surface area contributed by atoms with Crippen molar-refractivity contribution in [2.75, 3.05) is 20.2 Å². The first kappa shape index (κ1) is 15.6. The first-order valence-electron chi connectivity index (χ1n) is 6.50.